The molecule has 1 aromatic carbocycles. The number of alkyl halides is 3. The van der Waals surface area contributed by atoms with Crippen molar-refractivity contribution in [1.29, 1.82) is 0 Å². The molecule has 1 aliphatic heterocycles. The topological polar surface area (TPSA) is 32.3 Å². The second-order valence-electron chi connectivity index (χ2n) is 5.98. The van der Waals surface area contributed by atoms with E-state index in [2.05, 4.69) is 5.32 Å². The van der Waals surface area contributed by atoms with Crippen LogP contribution in [-0.2, 0) is 11.0 Å². The van der Waals surface area contributed by atoms with Crippen molar-refractivity contribution in [2.45, 2.75) is 51.4 Å². The van der Waals surface area contributed by atoms with Crippen LogP contribution in [0.25, 0.3) is 0 Å². The van der Waals surface area contributed by atoms with E-state index < -0.39 is 11.7 Å². The minimum absolute atomic E-state index is 0.0168. The third-order valence-electron chi connectivity index (χ3n) is 4.41. The van der Waals surface area contributed by atoms with Gasteiger partial charge in [-0.15, -0.1) is 0 Å². The van der Waals surface area contributed by atoms with Crippen LogP contribution in [0.4, 0.5) is 13.2 Å². The smallest absolute Gasteiger partial charge is 0.336 e. The van der Waals surface area contributed by atoms with Crippen LogP contribution in [-0.4, -0.2) is 29.9 Å². The summed E-state index contributed by atoms with van der Waals surface area (Å²) >= 11 is 0. The third kappa shape index (κ3) is 4.47. The van der Waals surface area contributed by atoms with Crippen LogP contribution in [0.15, 0.2) is 24.3 Å². The summed E-state index contributed by atoms with van der Waals surface area (Å²) in [6.45, 7) is 5.03. The van der Waals surface area contributed by atoms with Gasteiger partial charge in [0, 0.05) is 19.0 Å². The van der Waals surface area contributed by atoms with Crippen molar-refractivity contribution < 1.29 is 18.0 Å². The molecule has 23 heavy (non-hydrogen) atoms. The van der Waals surface area contributed by atoms with Gasteiger partial charge in [-0.05, 0) is 50.9 Å². The Balaban J connectivity index is 2.12. The van der Waals surface area contributed by atoms with Gasteiger partial charge in [0.1, 0.15) is 0 Å². The summed E-state index contributed by atoms with van der Waals surface area (Å²) in [6.07, 6.45) is -1.93. The highest BCUT2D eigenvalue weighted by molar-refractivity contribution is 5.77. The van der Waals surface area contributed by atoms with E-state index in [9.17, 15) is 18.0 Å². The van der Waals surface area contributed by atoms with Crippen LogP contribution in [0.5, 0.6) is 0 Å². The van der Waals surface area contributed by atoms with Gasteiger partial charge >= 0.3 is 6.18 Å². The average Bonchev–Trinajstić information content (AvgIpc) is 3.00. The number of nitrogens with one attached hydrogen (secondary N) is 1. The molecule has 2 unspecified atom stereocenters. The van der Waals surface area contributed by atoms with Crippen LogP contribution in [0, 0.1) is 0 Å². The van der Waals surface area contributed by atoms with Gasteiger partial charge in [-0.1, -0.05) is 12.1 Å². The molecule has 2 atom stereocenters. The van der Waals surface area contributed by atoms with E-state index in [1.807, 2.05) is 6.92 Å². The van der Waals surface area contributed by atoms with Gasteiger partial charge < -0.3 is 10.2 Å². The minimum atomic E-state index is -4.37. The predicted octanol–water partition coefficient (Wildman–Crippen LogP) is 3.76. The summed E-state index contributed by atoms with van der Waals surface area (Å²) < 4.78 is 38.6. The molecule has 1 saturated heterocycles. The number of rotatable bonds is 5. The zero-order valence-corrected chi connectivity index (χ0v) is 13.5. The lowest BCUT2D eigenvalue weighted by Crippen LogP contribution is -2.37. The number of hydrogen-bond donors (Lipinski definition) is 1. The molecule has 1 heterocycles. The predicted molar refractivity (Wildman–Crippen MR) is 82.9 cm³/mol. The maximum absolute atomic E-state index is 12.9. The van der Waals surface area contributed by atoms with E-state index in [0.29, 0.717) is 18.5 Å². The molecule has 6 heteroatoms. The van der Waals surface area contributed by atoms with E-state index >= 15 is 0 Å². The first-order valence-electron chi connectivity index (χ1n) is 8.03. The van der Waals surface area contributed by atoms with Gasteiger partial charge in [-0.2, -0.15) is 13.2 Å². The monoisotopic (exact) mass is 328 g/mol. The Morgan fingerprint density at radius 2 is 2.17 bits per heavy atom. The molecule has 0 aliphatic carbocycles. The first-order valence-corrected chi connectivity index (χ1v) is 8.03. The van der Waals surface area contributed by atoms with E-state index in [0.717, 1.165) is 31.5 Å². The van der Waals surface area contributed by atoms with Crippen LogP contribution in [0.2, 0.25) is 0 Å². The van der Waals surface area contributed by atoms with Crippen molar-refractivity contribution >= 4 is 5.91 Å². The molecule has 1 N–H and O–H groups in total. The van der Waals surface area contributed by atoms with Crippen LogP contribution >= 0.6 is 0 Å². The number of amides is 1. The fourth-order valence-electron chi connectivity index (χ4n) is 3.08. The summed E-state index contributed by atoms with van der Waals surface area (Å²) in [5, 5.41) is 3.28. The number of halogens is 3. The summed E-state index contributed by atoms with van der Waals surface area (Å²) in [4.78, 5) is 14.1. The van der Waals surface area contributed by atoms with Crippen LogP contribution in [0.3, 0.4) is 0 Å². The standard InChI is InChI=1S/C17H23F3N2O/c1-3-22(16(23)11-15-8-5-9-21-15)12(2)13-6-4-7-14(10-13)17(18,19)20/h4,6-7,10,12,15,21H,3,5,8-9,11H2,1-2H3. The highest BCUT2D eigenvalue weighted by Gasteiger charge is 2.31. The molecule has 0 aromatic heterocycles. The number of carbonyl (C=O) groups excluding carboxylic acids is 1. The van der Waals surface area contributed by atoms with Gasteiger partial charge in [0.2, 0.25) is 5.91 Å². The highest BCUT2D eigenvalue weighted by atomic mass is 19.4. The molecule has 128 valence electrons. The minimum Gasteiger partial charge on any atom is -0.336 e. The number of benzene rings is 1. The van der Waals surface area contributed by atoms with Gasteiger partial charge in [0.15, 0.2) is 0 Å². The first kappa shape index (κ1) is 17.8. The Morgan fingerprint density at radius 3 is 2.74 bits per heavy atom. The number of carbonyl (C=O) groups is 1. The van der Waals surface area contributed by atoms with Crippen molar-refractivity contribution in [3.8, 4) is 0 Å². The molecule has 1 aromatic rings. The Labute approximate surface area is 134 Å². The summed E-state index contributed by atoms with van der Waals surface area (Å²) in [7, 11) is 0. The van der Waals surface area contributed by atoms with Crippen molar-refractivity contribution in [3.63, 3.8) is 0 Å². The van der Waals surface area contributed by atoms with Gasteiger partial charge in [-0.25, -0.2) is 0 Å². The zero-order chi connectivity index (χ0) is 17.0. The quantitative estimate of drug-likeness (QED) is 0.893. The number of hydrogen-bond acceptors (Lipinski definition) is 2. The molecule has 1 fully saturated rings. The van der Waals surface area contributed by atoms with E-state index in [4.69, 9.17) is 0 Å². The lowest BCUT2D eigenvalue weighted by molar-refractivity contribution is -0.137. The molecule has 2 rings (SSSR count). The SMILES string of the molecule is CCN(C(=O)CC1CCCN1)C(C)c1cccc(C(F)(F)F)c1. The summed E-state index contributed by atoms with van der Waals surface area (Å²) in [6, 6.07) is 5.03. The molecule has 1 amide bonds. The summed E-state index contributed by atoms with van der Waals surface area (Å²) in [5.74, 6) is -0.0168. The second kappa shape index (κ2) is 7.34. The molecule has 0 saturated carbocycles. The Kier molecular flexibility index (Phi) is 5.68. The molecular formula is C17H23F3N2O. The Hall–Kier alpha value is -1.56. The van der Waals surface area contributed by atoms with E-state index in [-0.39, 0.29) is 18.0 Å². The van der Waals surface area contributed by atoms with E-state index in [1.165, 1.54) is 6.07 Å². The highest BCUT2D eigenvalue weighted by Crippen LogP contribution is 2.32. The lowest BCUT2D eigenvalue weighted by Gasteiger charge is -2.30. The first-order chi connectivity index (χ1) is 10.8. The van der Waals surface area contributed by atoms with Gasteiger partial charge in [-0.3, -0.25) is 4.79 Å². The molecular weight excluding hydrogens is 305 g/mol. The zero-order valence-electron chi connectivity index (χ0n) is 13.5. The molecule has 3 nitrogen and oxygen atoms in total. The van der Waals surface area contributed by atoms with Gasteiger partial charge in [0.05, 0.1) is 11.6 Å². The second-order valence-corrected chi connectivity index (χ2v) is 5.98. The summed E-state index contributed by atoms with van der Waals surface area (Å²) in [5.41, 5.74) is -0.169. The Morgan fingerprint density at radius 1 is 1.43 bits per heavy atom. The third-order valence-corrected chi connectivity index (χ3v) is 4.41. The van der Waals surface area contributed by atoms with Crippen molar-refractivity contribution in [2.75, 3.05) is 13.1 Å². The molecule has 0 spiro atoms. The van der Waals surface area contributed by atoms with Crippen molar-refractivity contribution in [1.82, 2.24) is 10.2 Å². The fourth-order valence-corrected chi connectivity index (χ4v) is 3.08. The number of nitrogens with zero attached hydrogens (tertiary/aromatic N) is 1. The van der Waals surface area contributed by atoms with Crippen molar-refractivity contribution in [3.05, 3.63) is 35.4 Å². The molecule has 0 bridgehead atoms. The van der Waals surface area contributed by atoms with Gasteiger partial charge in [0.25, 0.3) is 0 Å². The average molecular weight is 328 g/mol. The Bertz CT molecular complexity index is 539. The largest absolute Gasteiger partial charge is 0.416 e. The normalized spacial score (nSPS) is 19.6. The molecule has 0 radical (unpaired) electrons. The maximum Gasteiger partial charge on any atom is 0.416 e. The maximum atomic E-state index is 12.9. The van der Waals surface area contributed by atoms with Crippen molar-refractivity contribution in [2.24, 2.45) is 0 Å². The fraction of sp³-hybridized carbons (Fsp3) is 0.588. The van der Waals surface area contributed by atoms with Crippen LogP contribution < -0.4 is 5.32 Å². The van der Waals surface area contributed by atoms with Crippen LogP contribution in [0.1, 0.15) is 50.3 Å². The lowest BCUT2D eigenvalue weighted by atomic mass is 10.0. The molecule has 1 aliphatic rings. The van der Waals surface area contributed by atoms with E-state index in [1.54, 1.807) is 17.9 Å².